The number of ether oxygens (including phenoxy) is 1. The van der Waals surface area contributed by atoms with Crippen molar-refractivity contribution in [3.8, 4) is 5.75 Å². The molecule has 6 nitrogen and oxygen atoms in total. The number of carbonyl (C=O) groups excluding carboxylic acids is 1. The number of hydrogen-bond donors (Lipinski definition) is 2. The van der Waals surface area contributed by atoms with Gasteiger partial charge in [-0.05, 0) is 19.1 Å². The van der Waals surface area contributed by atoms with E-state index >= 15 is 0 Å². The SMILES string of the molecule is COc1cc(Cl)ccc1CNC(=O)NC(C)c1cnn(C)c1. The number of aromatic nitrogens is 2. The third kappa shape index (κ3) is 4.14. The van der Waals surface area contributed by atoms with E-state index in [-0.39, 0.29) is 12.1 Å². The zero-order chi connectivity index (χ0) is 16.1. The second-order valence-corrected chi connectivity index (χ2v) is 5.39. The van der Waals surface area contributed by atoms with Crippen molar-refractivity contribution in [1.29, 1.82) is 0 Å². The average molecular weight is 323 g/mol. The van der Waals surface area contributed by atoms with Crippen LogP contribution in [0.15, 0.2) is 30.6 Å². The second-order valence-electron chi connectivity index (χ2n) is 4.95. The molecular weight excluding hydrogens is 304 g/mol. The van der Waals surface area contributed by atoms with Gasteiger partial charge in [0, 0.05) is 35.9 Å². The van der Waals surface area contributed by atoms with Gasteiger partial charge in [-0.25, -0.2) is 4.79 Å². The number of methoxy groups -OCH3 is 1. The molecule has 1 aromatic carbocycles. The topological polar surface area (TPSA) is 68.2 Å². The first-order valence-electron chi connectivity index (χ1n) is 6.85. The van der Waals surface area contributed by atoms with Gasteiger partial charge in [-0.15, -0.1) is 0 Å². The summed E-state index contributed by atoms with van der Waals surface area (Å²) in [4.78, 5) is 12.0. The summed E-state index contributed by atoms with van der Waals surface area (Å²) in [5, 5.41) is 10.3. The summed E-state index contributed by atoms with van der Waals surface area (Å²) in [6.07, 6.45) is 3.60. The maximum Gasteiger partial charge on any atom is 0.315 e. The van der Waals surface area contributed by atoms with Gasteiger partial charge in [0.05, 0.1) is 19.3 Å². The van der Waals surface area contributed by atoms with Crippen LogP contribution >= 0.6 is 11.6 Å². The predicted molar refractivity (Wildman–Crippen MR) is 85.0 cm³/mol. The molecule has 2 rings (SSSR count). The number of hydrogen-bond acceptors (Lipinski definition) is 3. The van der Waals surface area contributed by atoms with Crippen LogP contribution in [0.4, 0.5) is 4.79 Å². The highest BCUT2D eigenvalue weighted by Gasteiger charge is 2.11. The number of amides is 2. The highest BCUT2D eigenvalue weighted by Crippen LogP contribution is 2.22. The molecule has 118 valence electrons. The van der Waals surface area contributed by atoms with Crippen LogP contribution in [0.5, 0.6) is 5.75 Å². The molecule has 0 saturated carbocycles. The van der Waals surface area contributed by atoms with Gasteiger partial charge in [-0.1, -0.05) is 17.7 Å². The van der Waals surface area contributed by atoms with E-state index in [1.165, 1.54) is 0 Å². The predicted octanol–water partition coefficient (Wildman–Crippen LogP) is 2.64. The van der Waals surface area contributed by atoms with Gasteiger partial charge in [-0.2, -0.15) is 5.10 Å². The summed E-state index contributed by atoms with van der Waals surface area (Å²) in [6.45, 7) is 2.26. The number of urea groups is 1. The fourth-order valence-corrected chi connectivity index (χ4v) is 2.20. The first kappa shape index (κ1) is 16.2. The Balaban J connectivity index is 1.90. The molecule has 0 aliphatic heterocycles. The molecule has 0 aliphatic rings. The van der Waals surface area contributed by atoms with E-state index in [9.17, 15) is 4.79 Å². The zero-order valence-corrected chi connectivity index (χ0v) is 13.5. The van der Waals surface area contributed by atoms with Crippen LogP contribution in [0, 0.1) is 0 Å². The zero-order valence-electron chi connectivity index (χ0n) is 12.8. The molecule has 2 amide bonds. The normalized spacial score (nSPS) is 11.8. The minimum atomic E-state index is -0.256. The van der Waals surface area contributed by atoms with Gasteiger partial charge >= 0.3 is 6.03 Å². The van der Waals surface area contributed by atoms with Crippen LogP contribution < -0.4 is 15.4 Å². The van der Waals surface area contributed by atoms with Gasteiger partial charge in [0.25, 0.3) is 0 Å². The molecule has 0 aliphatic carbocycles. The molecule has 2 N–H and O–H groups in total. The van der Waals surface area contributed by atoms with Crippen molar-refractivity contribution in [2.75, 3.05) is 7.11 Å². The fraction of sp³-hybridized carbons (Fsp3) is 0.333. The van der Waals surface area contributed by atoms with Gasteiger partial charge in [0.2, 0.25) is 0 Å². The van der Waals surface area contributed by atoms with Crippen LogP contribution in [0.25, 0.3) is 0 Å². The van der Waals surface area contributed by atoms with E-state index in [1.807, 2.05) is 26.2 Å². The first-order valence-corrected chi connectivity index (χ1v) is 7.22. The van der Waals surface area contributed by atoms with E-state index < -0.39 is 0 Å². The summed E-state index contributed by atoms with van der Waals surface area (Å²) in [6, 6.07) is 4.92. The van der Waals surface area contributed by atoms with Crippen molar-refractivity contribution in [2.45, 2.75) is 19.5 Å². The summed E-state index contributed by atoms with van der Waals surface area (Å²) in [5.74, 6) is 0.646. The largest absolute Gasteiger partial charge is 0.496 e. The fourth-order valence-electron chi connectivity index (χ4n) is 2.03. The number of aryl methyl sites for hydroxylation is 1. The van der Waals surface area contributed by atoms with Crippen LogP contribution in [0.2, 0.25) is 5.02 Å². The van der Waals surface area contributed by atoms with Crippen molar-refractivity contribution in [3.05, 3.63) is 46.7 Å². The minimum absolute atomic E-state index is 0.124. The molecule has 2 aromatic rings. The average Bonchev–Trinajstić information content (AvgIpc) is 2.92. The molecule has 1 atom stereocenters. The standard InChI is InChI=1S/C15H19ClN4O2/c1-10(12-8-18-20(2)9-12)19-15(21)17-7-11-4-5-13(16)6-14(11)22-3/h4-6,8-10H,7H2,1-3H3,(H2,17,19,21). The summed E-state index contributed by atoms with van der Waals surface area (Å²) in [7, 11) is 3.41. The maximum absolute atomic E-state index is 12.0. The molecule has 0 fully saturated rings. The van der Waals surface area contributed by atoms with E-state index in [0.717, 1.165) is 11.1 Å². The molecule has 0 saturated heterocycles. The number of nitrogens with zero attached hydrogens (tertiary/aromatic N) is 2. The van der Waals surface area contributed by atoms with E-state index in [1.54, 1.807) is 30.1 Å². The summed E-state index contributed by atoms with van der Waals surface area (Å²) in [5.41, 5.74) is 1.80. The van der Waals surface area contributed by atoms with Crippen LogP contribution in [-0.4, -0.2) is 22.9 Å². The Hall–Kier alpha value is -2.21. The number of halogens is 1. The summed E-state index contributed by atoms with van der Waals surface area (Å²) < 4.78 is 6.94. The van der Waals surface area contributed by atoms with Gasteiger partial charge in [-0.3, -0.25) is 4.68 Å². The molecular formula is C15H19ClN4O2. The molecule has 0 bridgehead atoms. The lowest BCUT2D eigenvalue weighted by atomic mass is 10.2. The minimum Gasteiger partial charge on any atom is -0.496 e. The number of benzene rings is 1. The van der Waals surface area contributed by atoms with Gasteiger partial charge in [0.1, 0.15) is 5.75 Å². The van der Waals surface area contributed by atoms with Gasteiger partial charge < -0.3 is 15.4 Å². The van der Waals surface area contributed by atoms with Crippen LogP contribution in [0.3, 0.4) is 0 Å². The molecule has 0 radical (unpaired) electrons. The smallest absolute Gasteiger partial charge is 0.315 e. The van der Waals surface area contributed by atoms with Crippen molar-refractivity contribution < 1.29 is 9.53 Å². The Kier molecular flexibility index (Phi) is 5.27. The Morgan fingerprint density at radius 1 is 1.50 bits per heavy atom. The van der Waals surface area contributed by atoms with Crippen molar-refractivity contribution >= 4 is 17.6 Å². The van der Waals surface area contributed by atoms with Crippen LogP contribution in [-0.2, 0) is 13.6 Å². The molecule has 1 unspecified atom stereocenters. The lowest BCUT2D eigenvalue weighted by Gasteiger charge is -2.14. The van der Waals surface area contributed by atoms with Gasteiger partial charge in [0.15, 0.2) is 0 Å². The Bertz CT molecular complexity index is 657. The highest BCUT2D eigenvalue weighted by molar-refractivity contribution is 6.30. The van der Waals surface area contributed by atoms with Crippen LogP contribution in [0.1, 0.15) is 24.1 Å². The summed E-state index contributed by atoms with van der Waals surface area (Å²) >= 11 is 5.91. The number of carbonyl (C=O) groups is 1. The Labute approximate surface area is 134 Å². The molecule has 0 spiro atoms. The van der Waals surface area contributed by atoms with E-state index in [2.05, 4.69) is 15.7 Å². The second kappa shape index (κ2) is 7.17. The first-order chi connectivity index (χ1) is 10.5. The van der Waals surface area contributed by atoms with E-state index in [0.29, 0.717) is 17.3 Å². The van der Waals surface area contributed by atoms with Crippen molar-refractivity contribution in [3.63, 3.8) is 0 Å². The monoisotopic (exact) mass is 322 g/mol. The Morgan fingerprint density at radius 2 is 2.27 bits per heavy atom. The molecule has 22 heavy (non-hydrogen) atoms. The third-order valence-electron chi connectivity index (χ3n) is 3.26. The quantitative estimate of drug-likeness (QED) is 0.889. The lowest BCUT2D eigenvalue weighted by Crippen LogP contribution is -2.36. The third-order valence-corrected chi connectivity index (χ3v) is 3.50. The van der Waals surface area contributed by atoms with Crippen molar-refractivity contribution in [2.24, 2.45) is 7.05 Å². The number of nitrogens with one attached hydrogen (secondary N) is 2. The highest BCUT2D eigenvalue weighted by atomic mass is 35.5. The van der Waals surface area contributed by atoms with Crippen molar-refractivity contribution in [1.82, 2.24) is 20.4 Å². The maximum atomic E-state index is 12.0. The molecule has 1 heterocycles. The number of rotatable bonds is 5. The van der Waals surface area contributed by atoms with E-state index in [4.69, 9.17) is 16.3 Å². The lowest BCUT2D eigenvalue weighted by molar-refractivity contribution is 0.237. The molecule has 7 heteroatoms. The Morgan fingerprint density at radius 3 is 2.91 bits per heavy atom. The molecule has 1 aromatic heterocycles.